The molecule has 2 rings (SSSR count). The summed E-state index contributed by atoms with van der Waals surface area (Å²) in [7, 11) is 1.69. The lowest BCUT2D eigenvalue weighted by molar-refractivity contribution is 0.354. The zero-order valence-electron chi connectivity index (χ0n) is 9.55. The van der Waals surface area contributed by atoms with E-state index in [0.717, 1.165) is 35.4 Å². The third kappa shape index (κ3) is 2.04. The molecule has 1 atom stereocenters. The number of ether oxygens (including phenoxy) is 2. The highest BCUT2D eigenvalue weighted by molar-refractivity contribution is 9.10. The summed E-state index contributed by atoms with van der Waals surface area (Å²) in [4.78, 5) is 0. The Labute approximate surface area is 104 Å². The topological polar surface area (TPSA) is 44.5 Å². The highest BCUT2D eigenvalue weighted by Crippen LogP contribution is 2.41. The van der Waals surface area contributed by atoms with Crippen molar-refractivity contribution in [1.29, 1.82) is 0 Å². The van der Waals surface area contributed by atoms with Gasteiger partial charge in [-0.15, -0.1) is 0 Å². The lowest BCUT2D eigenvalue weighted by atomic mass is 9.98. The molecule has 0 bridgehead atoms. The van der Waals surface area contributed by atoms with Crippen LogP contribution in [-0.4, -0.2) is 19.8 Å². The van der Waals surface area contributed by atoms with Gasteiger partial charge in [-0.05, 0) is 35.3 Å². The van der Waals surface area contributed by atoms with Crippen molar-refractivity contribution in [1.82, 2.24) is 0 Å². The normalized spacial score (nSPS) is 15.5. The predicted octanol–water partition coefficient (Wildman–Crippen LogP) is 2.28. The quantitative estimate of drug-likeness (QED) is 0.927. The van der Waals surface area contributed by atoms with Gasteiger partial charge in [0, 0.05) is 23.6 Å². The van der Waals surface area contributed by atoms with Gasteiger partial charge in [-0.2, -0.15) is 0 Å². The summed E-state index contributed by atoms with van der Waals surface area (Å²) in [6.07, 6.45) is 1.76. The second-order valence-electron chi connectivity index (χ2n) is 4.13. The molecule has 88 valence electrons. The number of hydrogen-bond acceptors (Lipinski definition) is 3. The summed E-state index contributed by atoms with van der Waals surface area (Å²) in [5.74, 6) is 1.85. The van der Waals surface area contributed by atoms with Gasteiger partial charge in [-0.1, -0.05) is 0 Å². The molecule has 1 aliphatic heterocycles. The molecule has 16 heavy (non-hydrogen) atoms. The maximum Gasteiger partial charge on any atom is 0.137 e. The number of nitrogens with two attached hydrogens (primary N) is 1. The van der Waals surface area contributed by atoms with Crippen LogP contribution >= 0.6 is 15.9 Å². The standard InChI is InChI=1S/C12H16BrNO2/c1-7(14)5-9-8-3-4-16-12(8)10(13)6-11(9)15-2/h6-7H,3-5,14H2,1-2H3. The van der Waals surface area contributed by atoms with Gasteiger partial charge in [0.2, 0.25) is 0 Å². The van der Waals surface area contributed by atoms with Crippen molar-refractivity contribution in [3.63, 3.8) is 0 Å². The maximum atomic E-state index is 5.87. The third-order valence-electron chi connectivity index (χ3n) is 2.76. The lowest BCUT2D eigenvalue weighted by Crippen LogP contribution is -2.19. The number of rotatable bonds is 3. The third-order valence-corrected chi connectivity index (χ3v) is 3.34. The molecule has 1 heterocycles. The summed E-state index contributed by atoms with van der Waals surface area (Å²) < 4.78 is 12.0. The van der Waals surface area contributed by atoms with E-state index >= 15 is 0 Å². The highest BCUT2D eigenvalue weighted by Gasteiger charge is 2.23. The molecular weight excluding hydrogens is 270 g/mol. The molecule has 1 aromatic carbocycles. The van der Waals surface area contributed by atoms with Crippen LogP contribution in [0.3, 0.4) is 0 Å². The van der Waals surface area contributed by atoms with Gasteiger partial charge in [-0.25, -0.2) is 0 Å². The largest absolute Gasteiger partial charge is 0.496 e. The zero-order valence-corrected chi connectivity index (χ0v) is 11.1. The van der Waals surface area contributed by atoms with E-state index in [4.69, 9.17) is 15.2 Å². The van der Waals surface area contributed by atoms with Gasteiger partial charge < -0.3 is 15.2 Å². The number of methoxy groups -OCH3 is 1. The van der Waals surface area contributed by atoms with Gasteiger partial charge in [-0.3, -0.25) is 0 Å². The van der Waals surface area contributed by atoms with Gasteiger partial charge in [0.25, 0.3) is 0 Å². The van der Waals surface area contributed by atoms with Gasteiger partial charge in [0.15, 0.2) is 0 Å². The van der Waals surface area contributed by atoms with Gasteiger partial charge in [0.1, 0.15) is 11.5 Å². The molecule has 1 aliphatic rings. The molecule has 0 amide bonds. The van der Waals surface area contributed by atoms with Crippen LogP contribution in [0, 0.1) is 0 Å². The number of hydrogen-bond donors (Lipinski definition) is 1. The van der Waals surface area contributed by atoms with E-state index in [1.54, 1.807) is 7.11 Å². The molecule has 3 nitrogen and oxygen atoms in total. The Morgan fingerprint density at radius 3 is 3.00 bits per heavy atom. The van der Waals surface area contributed by atoms with Gasteiger partial charge in [0.05, 0.1) is 18.2 Å². The predicted molar refractivity (Wildman–Crippen MR) is 67.2 cm³/mol. The zero-order chi connectivity index (χ0) is 11.7. The number of halogens is 1. The van der Waals surface area contributed by atoms with E-state index in [1.807, 2.05) is 13.0 Å². The van der Waals surface area contributed by atoms with Crippen molar-refractivity contribution >= 4 is 15.9 Å². The van der Waals surface area contributed by atoms with E-state index in [1.165, 1.54) is 11.1 Å². The molecule has 0 radical (unpaired) electrons. The fraction of sp³-hybridized carbons (Fsp3) is 0.500. The second kappa shape index (κ2) is 4.63. The minimum atomic E-state index is 0.125. The highest BCUT2D eigenvalue weighted by atomic mass is 79.9. The smallest absolute Gasteiger partial charge is 0.137 e. The van der Waals surface area contributed by atoms with Crippen molar-refractivity contribution in [2.75, 3.05) is 13.7 Å². The van der Waals surface area contributed by atoms with Crippen LogP contribution in [0.2, 0.25) is 0 Å². The minimum absolute atomic E-state index is 0.125. The molecule has 1 aromatic rings. The van der Waals surface area contributed by atoms with Crippen LogP contribution in [0.5, 0.6) is 11.5 Å². The molecule has 0 aromatic heterocycles. The first kappa shape index (κ1) is 11.7. The van der Waals surface area contributed by atoms with Crippen LogP contribution in [-0.2, 0) is 12.8 Å². The Morgan fingerprint density at radius 1 is 1.62 bits per heavy atom. The molecule has 0 aliphatic carbocycles. The van der Waals surface area contributed by atoms with Crippen molar-refractivity contribution in [3.05, 3.63) is 21.7 Å². The monoisotopic (exact) mass is 285 g/mol. The summed E-state index contributed by atoms with van der Waals surface area (Å²) in [6, 6.07) is 2.08. The lowest BCUT2D eigenvalue weighted by Gasteiger charge is -2.15. The van der Waals surface area contributed by atoms with E-state index in [2.05, 4.69) is 15.9 Å². The summed E-state index contributed by atoms with van der Waals surface area (Å²) in [5, 5.41) is 0. The number of benzene rings is 1. The van der Waals surface area contributed by atoms with Crippen LogP contribution < -0.4 is 15.2 Å². The van der Waals surface area contributed by atoms with Crippen LogP contribution in [0.15, 0.2) is 10.5 Å². The first-order chi connectivity index (χ1) is 7.63. The Bertz CT molecular complexity index is 404. The summed E-state index contributed by atoms with van der Waals surface area (Å²) in [5.41, 5.74) is 8.30. The minimum Gasteiger partial charge on any atom is -0.496 e. The molecule has 0 saturated heterocycles. The average Bonchev–Trinajstić information content (AvgIpc) is 2.70. The Balaban J connectivity index is 2.51. The fourth-order valence-corrected chi connectivity index (χ4v) is 2.66. The first-order valence-electron chi connectivity index (χ1n) is 5.40. The van der Waals surface area contributed by atoms with Crippen LogP contribution in [0.25, 0.3) is 0 Å². The Hall–Kier alpha value is -0.740. The van der Waals surface area contributed by atoms with Crippen LogP contribution in [0.4, 0.5) is 0 Å². The van der Waals surface area contributed by atoms with E-state index < -0.39 is 0 Å². The van der Waals surface area contributed by atoms with E-state index in [0.29, 0.717) is 0 Å². The van der Waals surface area contributed by atoms with E-state index in [9.17, 15) is 0 Å². The molecule has 0 spiro atoms. The molecule has 4 heteroatoms. The SMILES string of the molecule is COc1cc(Br)c2c(c1CC(C)N)CCO2. The number of fused-ring (bicyclic) bond motifs is 1. The molecule has 0 saturated carbocycles. The van der Waals surface area contributed by atoms with Crippen molar-refractivity contribution in [2.24, 2.45) is 5.73 Å². The van der Waals surface area contributed by atoms with E-state index in [-0.39, 0.29) is 6.04 Å². The molecular formula is C12H16BrNO2. The Morgan fingerprint density at radius 2 is 2.38 bits per heavy atom. The van der Waals surface area contributed by atoms with Crippen molar-refractivity contribution < 1.29 is 9.47 Å². The second-order valence-corrected chi connectivity index (χ2v) is 4.98. The Kier molecular flexibility index (Phi) is 3.40. The van der Waals surface area contributed by atoms with Gasteiger partial charge >= 0.3 is 0 Å². The molecule has 2 N–H and O–H groups in total. The first-order valence-corrected chi connectivity index (χ1v) is 6.19. The average molecular weight is 286 g/mol. The molecule has 1 unspecified atom stereocenters. The maximum absolute atomic E-state index is 5.87. The van der Waals surface area contributed by atoms with Crippen molar-refractivity contribution in [2.45, 2.75) is 25.8 Å². The summed E-state index contributed by atoms with van der Waals surface area (Å²) >= 11 is 3.50. The molecule has 0 fully saturated rings. The fourth-order valence-electron chi connectivity index (χ4n) is 2.10. The van der Waals surface area contributed by atoms with Crippen LogP contribution in [0.1, 0.15) is 18.1 Å². The summed E-state index contributed by atoms with van der Waals surface area (Å²) in [6.45, 7) is 2.75. The van der Waals surface area contributed by atoms with Crippen molar-refractivity contribution in [3.8, 4) is 11.5 Å².